The highest BCUT2D eigenvalue weighted by atomic mass is 16.8. The number of hydrogen-bond donors (Lipinski definition) is 3. The summed E-state index contributed by atoms with van der Waals surface area (Å²) in [6.45, 7) is 6.33. The molecule has 2 aromatic carbocycles. The minimum absolute atomic E-state index is 0.0371. The molecule has 0 bridgehead atoms. The van der Waals surface area contributed by atoms with Crippen LogP contribution < -0.4 is 5.32 Å². The lowest BCUT2D eigenvalue weighted by atomic mass is 9.94. The molecule has 23 heteroatoms. The van der Waals surface area contributed by atoms with Crippen molar-refractivity contribution in [1.29, 1.82) is 0 Å². The van der Waals surface area contributed by atoms with E-state index in [1.165, 1.54) is 31.2 Å². The van der Waals surface area contributed by atoms with E-state index >= 15 is 0 Å². The third-order valence-electron chi connectivity index (χ3n) is 10.3. The number of carbonyl (C=O) groups excluding carboxylic acids is 8. The normalized spacial score (nSPS) is 31.4. The van der Waals surface area contributed by atoms with Crippen LogP contribution >= 0.6 is 0 Å². The van der Waals surface area contributed by atoms with E-state index < -0.39 is 153 Å². The average molecular weight is 948 g/mol. The highest BCUT2D eigenvalue weighted by Gasteiger charge is 2.58. The lowest BCUT2D eigenvalue weighted by Crippen LogP contribution is -2.70. The Morgan fingerprint density at radius 3 is 1.40 bits per heavy atom. The van der Waals surface area contributed by atoms with Gasteiger partial charge in [-0.25, -0.2) is 9.59 Å². The third-order valence-corrected chi connectivity index (χ3v) is 10.3. The maximum atomic E-state index is 13.6. The number of aliphatic hydroxyl groups is 2. The molecule has 366 valence electrons. The molecule has 3 N–H and O–H groups in total. The molecule has 3 fully saturated rings. The Morgan fingerprint density at radius 1 is 0.507 bits per heavy atom. The number of ether oxygens (including phenoxy) is 12. The largest absolute Gasteiger partial charge is 0.463 e. The van der Waals surface area contributed by atoms with Gasteiger partial charge >= 0.3 is 41.8 Å². The van der Waals surface area contributed by atoms with Crippen molar-refractivity contribution in [3.8, 4) is 0 Å². The number of rotatable bonds is 16. The molecule has 5 rings (SSSR count). The quantitative estimate of drug-likeness (QED) is 0.149. The molecule has 3 heterocycles. The van der Waals surface area contributed by atoms with Gasteiger partial charge in [-0.15, -0.1) is 0 Å². The Hall–Kier alpha value is -6.08. The van der Waals surface area contributed by atoms with Gasteiger partial charge in [0.2, 0.25) is 5.91 Å². The van der Waals surface area contributed by atoms with E-state index in [1.807, 2.05) is 0 Å². The van der Waals surface area contributed by atoms with Gasteiger partial charge in [-0.05, 0) is 31.2 Å². The molecular formula is C44H53NO22. The molecule has 3 saturated heterocycles. The van der Waals surface area contributed by atoms with Gasteiger partial charge in [0.1, 0.15) is 49.8 Å². The summed E-state index contributed by atoms with van der Waals surface area (Å²) < 4.78 is 69.6. The highest BCUT2D eigenvalue weighted by Crippen LogP contribution is 2.36. The van der Waals surface area contributed by atoms with Crippen molar-refractivity contribution in [1.82, 2.24) is 5.32 Å². The summed E-state index contributed by atoms with van der Waals surface area (Å²) in [7, 11) is 0. The summed E-state index contributed by atoms with van der Waals surface area (Å²) in [5, 5.41) is 25.8. The van der Waals surface area contributed by atoms with E-state index in [0.717, 1.165) is 41.5 Å². The van der Waals surface area contributed by atoms with Gasteiger partial charge in [0.05, 0.1) is 17.2 Å². The van der Waals surface area contributed by atoms with Crippen molar-refractivity contribution in [2.24, 2.45) is 0 Å². The first-order chi connectivity index (χ1) is 31.7. The third kappa shape index (κ3) is 14.0. The van der Waals surface area contributed by atoms with Gasteiger partial charge in [-0.2, -0.15) is 0 Å². The minimum Gasteiger partial charge on any atom is -0.463 e. The van der Waals surface area contributed by atoms with Gasteiger partial charge in [0, 0.05) is 41.5 Å². The number of amides is 1. The second-order valence-corrected chi connectivity index (χ2v) is 15.5. The van der Waals surface area contributed by atoms with Crippen molar-refractivity contribution in [2.45, 2.75) is 141 Å². The lowest BCUT2D eigenvalue weighted by molar-refractivity contribution is -0.362. The van der Waals surface area contributed by atoms with Crippen molar-refractivity contribution in [2.75, 3.05) is 13.2 Å². The predicted octanol–water partition coefficient (Wildman–Crippen LogP) is 0.182. The molecule has 67 heavy (non-hydrogen) atoms. The first kappa shape index (κ1) is 51.9. The van der Waals surface area contributed by atoms with Gasteiger partial charge in [-0.3, -0.25) is 28.8 Å². The minimum atomic E-state index is -2.05. The van der Waals surface area contributed by atoms with Crippen LogP contribution in [0.4, 0.5) is 0 Å². The van der Waals surface area contributed by atoms with E-state index in [1.54, 1.807) is 36.4 Å². The van der Waals surface area contributed by atoms with Crippen LogP contribution in [-0.2, 0) is 85.6 Å². The molecule has 3 aliphatic rings. The maximum absolute atomic E-state index is 13.6. The summed E-state index contributed by atoms with van der Waals surface area (Å²) in [6.07, 6.45) is -24.2. The van der Waals surface area contributed by atoms with E-state index in [-0.39, 0.29) is 11.1 Å². The predicted molar refractivity (Wildman–Crippen MR) is 218 cm³/mol. The number of hydrogen-bond acceptors (Lipinski definition) is 22. The summed E-state index contributed by atoms with van der Waals surface area (Å²) >= 11 is 0. The number of carbonyl (C=O) groups is 8. The Bertz CT molecular complexity index is 2000. The number of esters is 7. The van der Waals surface area contributed by atoms with Gasteiger partial charge in [-0.1, -0.05) is 36.4 Å². The summed E-state index contributed by atoms with van der Waals surface area (Å²) in [6, 6.07) is 13.6. The molecule has 3 aliphatic heterocycles. The van der Waals surface area contributed by atoms with Crippen LogP contribution in [0.25, 0.3) is 0 Å². The van der Waals surface area contributed by atoms with E-state index in [4.69, 9.17) is 56.8 Å². The van der Waals surface area contributed by atoms with Gasteiger partial charge < -0.3 is 72.4 Å². The fourth-order valence-corrected chi connectivity index (χ4v) is 7.51. The van der Waals surface area contributed by atoms with Crippen molar-refractivity contribution < 1.29 is 105 Å². The van der Waals surface area contributed by atoms with E-state index in [0.29, 0.717) is 0 Å². The lowest BCUT2D eigenvalue weighted by Gasteiger charge is -2.50. The molecule has 1 amide bonds. The van der Waals surface area contributed by atoms with Crippen LogP contribution in [0.3, 0.4) is 0 Å². The number of benzene rings is 2. The smallest absolute Gasteiger partial charge is 0.338 e. The van der Waals surface area contributed by atoms with Crippen LogP contribution in [0.15, 0.2) is 60.7 Å². The fourth-order valence-electron chi connectivity index (χ4n) is 7.51. The molecule has 0 aromatic heterocycles. The summed E-state index contributed by atoms with van der Waals surface area (Å²) in [5.74, 6) is -7.11. The van der Waals surface area contributed by atoms with Crippen LogP contribution in [0, 0.1) is 0 Å². The Morgan fingerprint density at radius 2 is 0.940 bits per heavy atom. The molecule has 0 spiro atoms. The van der Waals surface area contributed by atoms with E-state index in [2.05, 4.69) is 5.32 Å². The van der Waals surface area contributed by atoms with Gasteiger partial charge in [0.25, 0.3) is 0 Å². The SMILES string of the molecule is CC(=O)N[C@H]1[C@@H](O[C@@H]2[C@@H](OC(=O)c3ccccc3)[C@H](C)O[C@@H](O)[C@@H]2OC(=O)c2ccccc2)O[C@H](COC(C)=O)[C@@H](OC(C)=O)[C@@H]1O[C@H]1O[C@H](COC(C)=O)[C@H](OC(C)=O)[C@H](OC(C)=O)[C@H]1O. The first-order valence-electron chi connectivity index (χ1n) is 20.9. The zero-order valence-electron chi connectivity index (χ0n) is 37.4. The summed E-state index contributed by atoms with van der Waals surface area (Å²) in [4.78, 5) is 102. The van der Waals surface area contributed by atoms with Crippen LogP contribution in [0.1, 0.15) is 69.2 Å². The molecule has 0 saturated carbocycles. The second kappa shape index (κ2) is 23.6. The first-order valence-corrected chi connectivity index (χ1v) is 20.9. The molecule has 0 radical (unpaired) electrons. The van der Waals surface area contributed by atoms with Crippen molar-refractivity contribution >= 4 is 47.7 Å². The zero-order chi connectivity index (χ0) is 49.1. The molecule has 2 aromatic rings. The Labute approximate surface area is 383 Å². The molecule has 0 unspecified atom stereocenters. The van der Waals surface area contributed by atoms with Crippen molar-refractivity contribution in [3.05, 3.63) is 71.8 Å². The summed E-state index contributed by atoms with van der Waals surface area (Å²) in [5.41, 5.74) is 0.123. The molecule has 0 aliphatic carbocycles. The Kier molecular flexibility index (Phi) is 18.3. The highest BCUT2D eigenvalue weighted by molar-refractivity contribution is 5.90. The standard InChI is InChI=1S/C44H53NO22/c1-20-33(64-40(53)27-14-10-8-11-15-27)38(39(42(55)58-20)65-41(54)28-16-12-9-13-17-28)67-43-31(45-21(2)46)36(34(59-24(5)49)29(62-43)18-56-22(3)47)66-44-32(52)37(61-26(7)51)35(60-25(6)50)30(63-44)19-57-23(4)48/h8-17,20,29-39,42-44,52,55H,18-19H2,1-7H3,(H,45,46)/t20-,29+,30+,31+,32+,33-,34+,35-,36+,37+,38+,39+,42+,43+,44+/m0/s1. The van der Waals surface area contributed by atoms with Crippen LogP contribution in [0.5, 0.6) is 0 Å². The average Bonchev–Trinajstić information content (AvgIpc) is 3.26. The van der Waals surface area contributed by atoms with Crippen molar-refractivity contribution in [3.63, 3.8) is 0 Å². The zero-order valence-corrected chi connectivity index (χ0v) is 37.4. The topological polar surface area (TPSA) is 300 Å². The Balaban J connectivity index is 1.64. The van der Waals surface area contributed by atoms with Crippen LogP contribution in [-0.4, -0.2) is 163 Å². The monoisotopic (exact) mass is 947 g/mol. The van der Waals surface area contributed by atoms with E-state index in [9.17, 15) is 48.6 Å². The second-order valence-electron chi connectivity index (χ2n) is 15.5. The maximum Gasteiger partial charge on any atom is 0.338 e. The molecular weight excluding hydrogens is 894 g/mol. The number of aliphatic hydroxyl groups excluding tert-OH is 2. The van der Waals surface area contributed by atoms with Crippen LogP contribution in [0.2, 0.25) is 0 Å². The number of nitrogens with one attached hydrogen (secondary N) is 1. The van der Waals surface area contributed by atoms with Gasteiger partial charge in [0.15, 0.2) is 49.4 Å². The molecule has 23 nitrogen and oxygen atoms in total. The fraction of sp³-hybridized carbons (Fsp3) is 0.545. The molecule has 15 atom stereocenters.